The van der Waals surface area contributed by atoms with E-state index in [9.17, 15) is 0 Å². The smallest absolute Gasteiger partial charge is 0.149 e. The van der Waals surface area contributed by atoms with E-state index in [1.807, 2.05) is 0 Å². The van der Waals surface area contributed by atoms with Crippen molar-refractivity contribution in [1.82, 2.24) is 10.2 Å². The number of nitrogen functional groups attached to an aromatic ring is 1. The van der Waals surface area contributed by atoms with Gasteiger partial charge in [0, 0.05) is 5.56 Å². The first kappa shape index (κ1) is 9.27. The molecule has 3 nitrogen and oxygen atoms in total. The second kappa shape index (κ2) is 3.46. The highest BCUT2D eigenvalue weighted by molar-refractivity contribution is 7.13. The van der Waals surface area contributed by atoms with Crippen LogP contribution < -0.4 is 5.73 Å². The monoisotopic (exact) mass is 207 g/mol. The first-order valence-electron chi connectivity index (χ1n) is 4.61. The van der Waals surface area contributed by atoms with Gasteiger partial charge in [-0.05, 0) is 30.4 Å². The number of anilines is 1. The third-order valence-corrected chi connectivity index (χ3v) is 3.38. The van der Waals surface area contributed by atoms with Gasteiger partial charge in [-0.1, -0.05) is 6.92 Å². The van der Waals surface area contributed by atoms with Gasteiger partial charge >= 0.3 is 0 Å². The maximum absolute atomic E-state index is 5.77. The summed E-state index contributed by atoms with van der Waals surface area (Å²) in [4.78, 5) is 1.24. The molecule has 0 aliphatic carbocycles. The van der Waals surface area contributed by atoms with E-state index in [1.54, 1.807) is 11.3 Å². The van der Waals surface area contributed by atoms with Crippen molar-refractivity contribution >= 4 is 17.2 Å². The lowest BCUT2D eigenvalue weighted by molar-refractivity contribution is 1.10. The van der Waals surface area contributed by atoms with Crippen LogP contribution in [0.15, 0.2) is 11.4 Å². The molecule has 0 bridgehead atoms. The number of thiophene rings is 1. The maximum Gasteiger partial charge on any atom is 0.149 e. The van der Waals surface area contributed by atoms with Crippen molar-refractivity contribution in [3.63, 3.8) is 0 Å². The van der Waals surface area contributed by atoms with Crippen LogP contribution in [0.5, 0.6) is 0 Å². The van der Waals surface area contributed by atoms with Crippen LogP contribution in [0.3, 0.4) is 0 Å². The van der Waals surface area contributed by atoms with Crippen molar-refractivity contribution in [3.8, 4) is 10.6 Å². The first-order valence-corrected chi connectivity index (χ1v) is 5.49. The Balaban J connectivity index is 2.57. The first-order chi connectivity index (χ1) is 6.74. The summed E-state index contributed by atoms with van der Waals surface area (Å²) in [5, 5.41) is 9.13. The fourth-order valence-corrected chi connectivity index (χ4v) is 2.50. The van der Waals surface area contributed by atoms with Crippen LogP contribution in [-0.2, 0) is 6.42 Å². The molecule has 0 radical (unpaired) electrons. The predicted octanol–water partition coefficient (Wildman–Crippen LogP) is 2.59. The fourth-order valence-electron chi connectivity index (χ4n) is 1.55. The zero-order valence-corrected chi connectivity index (χ0v) is 9.11. The number of H-pyrrole nitrogens is 1. The van der Waals surface area contributed by atoms with E-state index in [1.165, 1.54) is 10.4 Å². The molecule has 0 fully saturated rings. The molecule has 0 aliphatic heterocycles. The molecule has 0 spiro atoms. The van der Waals surface area contributed by atoms with E-state index < -0.39 is 0 Å². The minimum atomic E-state index is 0.621. The molecule has 74 valence electrons. The van der Waals surface area contributed by atoms with Crippen molar-refractivity contribution in [2.75, 3.05) is 5.73 Å². The van der Waals surface area contributed by atoms with Gasteiger partial charge in [-0.15, -0.1) is 11.3 Å². The number of aromatic nitrogens is 2. The molecule has 2 heterocycles. The van der Waals surface area contributed by atoms with Gasteiger partial charge in [-0.2, -0.15) is 5.10 Å². The summed E-state index contributed by atoms with van der Waals surface area (Å²) < 4.78 is 0. The highest BCUT2D eigenvalue weighted by Crippen LogP contribution is 2.32. The lowest BCUT2D eigenvalue weighted by Gasteiger charge is -1.99. The highest BCUT2D eigenvalue weighted by Gasteiger charge is 2.13. The number of hydrogen-bond donors (Lipinski definition) is 2. The normalized spacial score (nSPS) is 10.7. The Morgan fingerprint density at radius 1 is 1.57 bits per heavy atom. The molecule has 2 aromatic heterocycles. The number of hydrogen-bond acceptors (Lipinski definition) is 3. The molecule has 0 unspecified atom stereocenters. The largest absolute Gasteiger partial charge is 0.382 e. The second-order valence-electron chi connectivity index (χ2n) is 3.25. The molecule has 0 saturated heterocycles. The Hall–Kier alpha value is -1.29. The van der Waals surface area contributed by atoms with Gasteiger partial charge in [0.2, 0.25) is 0 Å². The van der Waals surface area contributed by atoms with E-state index >= 15 is 0 Å². The van der Waals surface area contributed by atoms with E-state index in [0.717, 1.165) is 17.7 Å². The van der Waals surface area contributed by atoms with Gasteiger partial charge in [0.1, 0.15) is 5.82 Å². The number of aromatic amines is 1. The van der Waals surface area contributed by atoms with E-state index in [2.05, 4.69) is 35.5 Å². The summed E-state index contributed by atoms with van der Waals surface area (Å²) in [6, 6.07) is 2.11. The van der Waals surface area contributed by atoms with Crippen LogP contribution in [0, 0.1) is 6.92 Å². The van der Waals surface area contributed by atoms with E-state index in [0.29, 0.717) is 5.82 Å². The van der Waals surface area contributed by atoms with Gasteiger partial charge in [-0.3, -0.25) is 5.10 Å². The lowest BCUT2D eigenvalue weighted by atomic mass is 10.1. The molecule has 14 heavy (non-hydrogen) atoms. The second-order valence-corrected chi connectivity index (χ2v) is 4.16. The molecule has 2 rings (SSSR count). The molecular formula is C10H13N3S. The Morgan fingerprint density at radius 2 is 2.36 bits per heavy atom. The van der Waals surface area contributed by atoms with Crippen LogP contribution >= 0.6 is 11.3 Å². The quantitative estimate of drug-likeness (QED) is 0.795. The van der Waals surface area contributed by atoms with Gasteiger partial charge < -0.3 is 5.73 Å². The molecule has 4 heteroatoms. The zero-order valence-electron chi connectivity index (χ0n) is 8.29. The summed E-state index contributed by atoms with van der Waals surface area (Å²) in [6.07, 6.45) is 0.912. The summed E-state index contributed by atoms with van der Waals surface area (Å²) in [7, 11) is 0. The number of nitrogens with one attached hydrogen (secondary N) is 1. The topological polar surface area (TPSA) is 54.7 Å². The Labute approximate surface area is 87.0 Å². The van der Waals surface area contributed by atoms with Crippen molar-refractivity contribution < 1.29 is 0 Å². The van der Waals surface area contributed by atoms with Gasteiger partial charge in [0.25, 0.3) is 0 Å². The minimum absolute atomic E-state index is 0.621. The third-order valence-electron chi connectivity index (χ3n) is 2.34. The third kappa shape index (κ3) is 1.32. The van der Waals surface area contributed by atoms with E-state index in [-0.39, 0.29) is 0 Å². The predicted molar refractivity (Wildman–Crippen MR) is 60.4 cm³/mol. The molecule has 0 atom stereocenters. The number of rotatable bonds is 2. The summed E-state index contributed by atoms with van der Waals surface area (Å²) in [5.41, 5.74) is 9.24. The van der Waals surface area contributed by atoms with Gasteiger partial charge in [0.05, 0.1) is 10.6 Å². The average Bonchev–Trinajstić information content (AvgIpc) is 2.71. The highest BCUT2D eigenvalue weighted by atomic mass is 32.1. The summed E-state index contributed by atoms with van der Waals surface area (Å²) >= 11 is 1.72. The van der Waals surface area contributed by atoms with Crippen LogP contribution in [0.4, 0.5) is 5.82 Å². The Bertz CT molecular complexity index is 442. The van der Waals surface area contributed by atoms with Crippen LogP contribution in [0.25, 0.3) is 10.6 Å². The molecule has 0 amide bonds. The molecule has 0 aliphatic rings. The van der Waals surface area contributed by atoms with Crippen molar-refractivity contribution in [1.29, 1.82) is 0 Å². The summed E-state index contributed by atoms with van der Waals surface area (Å²) in [5.74, 6) is 0.621. The van der Waals surface area contributed by atoms with Crippen LogP contribution in [0.1, 0.15) is 18.1 Å². The van der Waals surface area contributed by atoms with Crippen molar-refractivity contribution in [2.45, 2.75) is 20.3 Å². The summed E-state index contributed by atoms with van der Waals surface area (Å²) in [6.45, 7) is 4.19. The van der Waals surface area contributed by atoms with E-state index in [4.69, 9.17) is 5.73 Å². The minimum Gasteiger partial charge on any atom is -0.382 e. The zero-order chi connectivity index (χ0) is 10.1. The lowest BCUT2D eigenvalue weighted by Crippen LogP contribution is -1.90. The number of nitrogens with two attached hydrogens (primary N) is 1. The molecule has 2 aromatic rings. The maximum atomic E-state index is 5.77. The molecule has 0 saturated carbocycles. The molecular weight excluding hydrogens is 194 g/mol. The number of aryl methyl sites for hydroxylation is 1. The number of nitrogens with zero attached hydrogens (tertiary/aromatic N) is 1. The Morgan fingerprint density at radius 3 is 2.93 bits per heavy atom. The average molecular weight is 207 g/mol. The van der Waals surface area contributed by atoms with Crippen LogP contribution in [-0.4, -0.2) is 10.2 Å². The van der Waals surface area contributed by atoms with Crippen molar-refractivity contribution in [2.24, 2.45) is 0 Å². The van der Waals surface area contributed by atoms with Crippen molar-refractivity contribution in [3.05, 3.63) is 22.6 Å². The fraction of sp³-hybridized carbons (Fsp3) is 0.300. The van der Waals surface area contributed by atoms with Gasteiger partial charge in [-0.25, -0.2) is 0 Å². The standard InChI is InChI=1S/C10H13N3S/c1-3-7-8(12-13-10(7)11)9-6(2)4-5-14-9/h4-5H,3H2,1-2H3,(H3,11,12,13). The SMILES string of the molecule is CCc1c(N)n[nH]c1-c1sccc1C. The van der Waals surface area contributed by atoms with Gasteiger partial charge in [0.15, 0.2) is 0 Å². The van der Waals surface area contributed by atoms with Crippen LogP contribution in [0.2, 0.25) is 0 Å². The molecule has 0 aromatic carbocycles. The Kier molecular flexibility index (Phi) is 2.29. The molecule has 3 N–H and O–H groups in total.